The molecule has 0 aromatic heterocycles. The Labute approximate surface area is 189 Å². The fourth-order valence-corrected chi connectivity index (χ4v) is 3.51. The van der Waals surface area contributed by atoms with Crippen LogP contribution in [0.3, 0.4) is 0 Å². The molecule has 0 aliphatic carbocycles. The van der Waals surface area contributed by atoms with Crippen LogP contribution in [0.25, 0.3) is 0 Å². The SMILES string of the molecule is O=C(CNc1ccc(Cl)cc1C(=O)c1ccccc1)Nc1cc2c(cc1Cl)OCCO2. The van der Waals surface area contributed by atoms with E-state index in [-0.39, 0.29) is 18.2 Å². The van der Waals surface area contributed by atoms with Gasteiger partial charge in [-0.15, -0.1) is 0 Å². The minimum Gasteiger partial charge on any atom is -0.486 e. The first-order chi connectivity index (χ1) is 15.0. The number of hydrogen-bond acceptors (Lipinski definition) is 5. The molecule has 0 radical (unpaired) electrons. The van der Waals surface area contributed by atoms with Crippen LogP contribution in [0.2, 0.25) is 10.0 Å². The van der Waals surface area contributed by atoms with Crippen LogP contribution in [0.15, 0.2) is 60.7 Å². The fraction of sp³-hybridized carbons (Fsp3) is 0.130. The minimum absolute atomic E-state index is 0.0819. The number of hydrogen-bond donors (Lipinski definition) is 2. The largest absolute Gasteiger partial charge is 0.486 e. The van der Waals surface area contributed by atoms with Gasteiger partial charge in [0.15, 0.2) is 17.3 Å². The predicted molar refractivity (Wildman–Crippen MR) is 121 cm³/mol. The number of fused-ring (bicyclic) bond motifs is 1. The molecule has 0 fully saturated rings. The van der Waals surface area contributed by atoms with E-state index in [4.69, 9.17) is 32.7 Å². The van der Waals surface area contributed by atoms with Crippen LogP contribution < -0.4 is 20.1 Å². The highest BCUT2D eigenvalue weighted by molar-refractivity contribution is 6.34. The van der Waals surface area contributed by atoms with E-state index in [1.165, 1.54) is 0 Å². The van der Waals surface area contributed by atoms with E-state index in [9.17, 15) is 9.59 Å². The Hall–Kier alpha value is -3.22. The molecule has 2 N–H and O–H groups in total. The molecule has 8 heteroatoms. The lowest BCUT2D eigenvalue weighted by atomic mass is 10.0. The Bertz CT molecular complexity index is 1140. The van der Waals surface area contributed by atoms with Crippen LogP contribution in [0.5, 0.6) is 11.5 Å². The highest BCUT2D eigenvalue weighted by Crippen LogP contribution is 2.38. The summed E-state index contributed by atoms with van der Waals surface area (Å²) in [6.07, 6.45) is 0. The summed E-state index contributed by atoms with van der Waals surface area (Å²) < 4.78 is 11.0. The minimum atomic E-state index is -0.341. The molecule has 6 nitrogen and oxygen atoms in total. The number of halogens is 2. The molecule has 0 spiro atoms. The quantitative estimate of drug-likeness (QED) is 0.507. The van der Waals surface area contributed by atoms with Gasteiger partial charge in [-0.25, -0.2) is 0 Å². The third-order valence-electron chi connectivity index (χ3n) is 4.61. The molecule has 0 saturated heterocycles. The van der Waals surface area contributed by atoms with Gasteiger partial charge in [0.2, 0.25) is 5.91 Å². The summed E-state index contributed by atoms with van der Waals surface area (Å²) in [5.74, 6) is 0.525. The average Bonchev–Trinajstić information content (AvgIpc) is 2.79. The molecule has 31 heavy (non-hydrogen) atoms. The third-order valence-corrected chi connectivity index (χ3v) is 5.16. The normalized spacial score (nSPS) is 12.2. The zero-order chi connectivity index (χ0) is 21.8. The summed E-state index contributed by atoms with van der Waals surface area (Å²) in [4.78, 5) is 25.4. The molecule has 158 valence electrons. The summed E-state index contributed by atoms with van der Waals surface area (Å²) in [6.45, 7) is 0.796. The standard InChI is InChI=1S/C23H18Cl2N2O4/c24-15-6-7-18(16(10-15)23(29)14-4-2-1-3-5-14)26-13-22(28)27-19-12-21-20(11-17(19)25)30-8-9-31-21/h1-7,10-12,26H,8-9,13H2,(H,27,28). The van der Waals surface area contributed by atoms with E-state index in [0.717, 1.165) is 0 Å². The third kappa shape index (κ3) is 4.93. The molecular weight excluding hydrogens is 439 g/mol. The predicted octanol–water partition coefficient (Wildman–Crippen LogP) is 5.05. The van der Waals surface area contributed by atoms with Crippen molar-refractivity contribution >= 4 is 46.3 Å². The van der Waals surface area contributed by atoms with E-state index in [1.54, 1.807) is 54.6 Å². The van der Waals surface area contributed by atoms with Crippen LogP contribution in [0.4, 0.5) is 11.4 Å². The maximum absolute atomic E-state index is 12.9. The van der Waals surface area contributed by atoms with Crippen molar-refractivity contribution in [2.75, 3.05) is 30.4 Å². The monoisotopic (exact) mass is 456 g/mol. The van der Waals surface area contributed by atoms with Gasteiger partial charge in [-0.3, -0.25) is 9.59 Å². The Morgan fingerprint density at radius 2 is 1.58 bits per heavy atom. The van der Waals surface area contributed by atoms with Crippen molar-refractivity contribution in [3.63, 3.8) is 0 Å². The van der Waals surface area contributed by atoms with Gasteiger partial charge in [0.25, 0.3) is 0 Å². The Morgan fingerprint density at radius 3 is 2.32 bits per heavy atom. The van der Waals surface area contributed by atoms with Crippen LogP contribution in [0.1, 0.15) is 15.9 Å². The number of benzene rings is 3. The summed E-state index contributed by atoms with van der Waals surface area (Å²) in [5.41, 5.74) is 1.82. The lowest BCUT2D eigenvalue weighted by Gasteiger charge is -2.20. The first-order valence-electron chi connectivity index (χ1n) is 9.53. The molecule has 0 bridgehead atoms. The molecule has 0 saturated carbocycles. The van der Waals surface area contributed by atoms with Gasteiger partial charge in [0, 0.05) is 34.0 Å². The van der Waals surface area contributed by atoms with Gasteiger partial charge in [0.05, 0.1) is 17.3 Å². The van der Waals surface area contributed by atoms with E-state index in [1.807, 2.05) is 6.07 Å². The Morgan fingerprint density at radius 1 is 0.871 bits per heavy atom. The van der Waals surface area contributed by atoms with Gasteiger partial charge < -0.3 is 20.1 Å². The van der Waals surface area contributed by atoms with Gasteiger partial charge in [-0.2, -0.15) is 0 Å². The molecular formula is C23H18Cl2N2O4. The number of ether oxygens (including phenoxy) is 2. The van der Waals surface area contributed by atoms with Crippen molar-refractivity contribution in [1.29, 1.82) is 0 Å². The van der Waals surface area contributed by atoms with E-state index < -0.39 is 0 Å². The molecule has 1 aliphatic rings. The number of amides is 1. The van der Waals surface area contributed by atoms with E-state index in [0.29, 0.717) is 57.3 Å². The van der Waals surface area contributed by atoms with Crippen molar-refractivity contribution in [3.05, 3.63) is 81.8 Å². The molecule has 4 rings (SSSR count). The number of rotatable bonds is 6. The zero-order valence-corrected chi connectivity index (χ0v) is 17.8. The summed E-state index contributed by atoms with van der Waals surface area (Å²) in [7, 11) is 0. The second-order valence-corrected chi connectivity index (χ2v) is 7.61. The van der Waals surface area contributed by atoms with Crippen LogP contribution in [-0.4, -0.2) is 31.4 Å². The molecule has 1 heterocycles. The first kappa shape index (κ1) is 21.0. The molecule has 1 amide bonds. The van der Waals surface area contributed by atoms with Crippen molar-refractivity contribution in [3.8, 4) is 11.5 Å². The number of anilines is 2. The highest BCUT2D eigenvalue weighted by atomic mass is 35.5. The van der Waals surface area contributed by atoms with Crippen molar-refractivity contribution in [2.24, 2.45) is 0 Å². The summed E-state index contributed by atoms with van der Waals surface area (Å²) >= 11 is 12.3. The van der Waals surface area contributed by atoms with Gasteiger partial charge >= 0.3 is 0 Å². The first-order valence-corrected chi connectivity index (χ1v) is 10.3. The van der Waals surface area contributed by atoms with Crippen LogP contribution in [0, 0.1) is 0 Å². The fourth-order valence-electron chi connectivity index (χ4n) is 3.13. The lowest BCUT2D eigenvalue weighted by molar-refractivity contribution is -0.114. The van der Waals surface area contributed by atoms with Gasteiger partial charge in [-0.05, 0) is 18.2 Å². The second-order valence-electron chi connectivity index (χ2n) is 6.76. The maximum Gasteiger partial charge on any atom is 0.243 e. The molecule has 0 unspecified atom stereocenters. The van der Waals surface area contributed by atoms with Gasteiger partial charge in [0.1, 0.15) is 13.2 Å². The smallest absolute Gasteiger partial charge is 0.243 e. The number of carbonyl (C=O) groups is 2. The number of nitrogens with one attached hydrogen (secondary N) is 2. The van der Waals surface area contributed by atoms with E-state index >= 15 is 0 Å². The topological polar surface area (TPSA) is 76.7 Å². The van der Waals surface area contributed by atoms with E-state index in [2.05, 4.69) is 10.6 Å². The Kier molecular flexibility index (Phi) is 6.30. The zero-order valence-electron chi connectivity index (χ0n) is 16.3. The highest BCUT2D eigenvalue weighted by Gasteiger charge is 2.18. The second kappa shape index (κ2) is 9.29. The summed E-state index contributed by atoms with van der Waals surface area (Å²) in [5, 5.41) is 6.51. The molecule has 0 atom stereocenters. The van der Waals surface area contributed by atoms with Crippen LogP contribution in [-0.2, 0) is 4.79 Å². The number of ketones is 1. The van der Waals surface area contributed by atoms with Gasteiger partial charge in [-0.1, -0.05) is 53.5 Å². The lowest BCUT2D eigenvalue weighted by Crippen LogP contribution is -2.23. The summed E-state index contributed by atoms with van der Waals surface area (Å²) in [6, 6.07) is 17.0. The number of carbonyl (C=O) groups excluding carboxylic acids is 2. The maximum atomic E-state index is 12.9. The molecule has 3 aromatic carbocycles. The average molecular weight is 457 g/mol. The molecule has 3 aromatic rings. The molecule has 1 aliphatic heterocycles. The Balaban J connectivity index is 1.47. The van der Waals surface area contributed by atoms with Crippen molar-refractivity contribution in [2.45, 2.75) is 0 Å². The van der Waals surface area contributed by atoms with Crippen molar-refractivity contribution in [1.82, 2.24) is 0 Å². The van der Waals surface area contributed by atoms with Crippen molar-refractivity contribution < 1.29 is 19.1 Å². The van der Waals surface area contributed by atoms with Crippen LogP contribution >= 0.6 is 23.2 Å².